The van der Waals surface area contributed by atoms with Crippen LogP contribution in [0.15, 0.2) is 0 Å². The zero-order valence-corrected chi connectivity index (χ0v) is 14.1. The van der Waals surface area contributed by atoms with Gasteiger partial charge in [0.05, 0.1) is 5.92 Å². The summed E-state index contributed by atoms with van der Waals surface area (Å²) in [5, 5.41) is 3.32. The van der Waals surface area contributed by atoms with Crippen molar-refractivity contribution in [3.05, 3.63) is 0 Å². The van der Waals surface area contributed by atoms with Crippen molar-refractivity contribution in [2.24, 2.45) is 11.8 Å². The van der Waals surface area contributed by atoms with Gasteiger partial charge in [-0.05, 0) is 52.5 Å². The second-order valence-electron chi connectivity index (χ2n) is 7.02. The van der Waals surface area contributed by atoms with Crippen LogP contribution in [0.1, 0.15) is 19.8 Å². The molecule has 5 nitrogen and oxygen atoms in total. The second kappa shape index (κ2) is 7.56. The Labute approximate surface area is 129 Å². The van der Waals surface area contributed by atoms with Gasteiger partial charge in [-0.25, -0.2) is 0 Å². The quantitative estimate of drug-likeness (QED) is 0.793. The third-order valence-corrected chi connectivity index (χ3v) is 5.31. The predicted molar refractivity (Wildman–Crippen MR) is 86.3 cm³/mol. The molecule has 1 N–H and O–H groups in total. The zero-order valence-electron chi connectivity index (χ0n) is 14.1. The lowest BCUT2D eigenvalue weighted by atomic mass is 9.97. The number of likely N-dealkylation sites (N-methyl/N-ethyl adjacent to an activating group) is 2. The number of hydrogen-bond donors (Lipinski definition) is 1. The van der Waals surface area contributed by atoms with Gasteiger partial charge in [0.15, 0.2) is 0 Å². The van der Waals surface area contributed by atoms with E-state index in [4.69, 9.17) is 0 Å². The SMILES string of the molecule is C[C@@H]1CNC[C@H]1C(=O)N(C)CCN(C)C1CCN(C)CC1. The van der Waals surface area contributed by atoms with Crippen LogP contribution in [0.25, 0.3) is 0 Å². The minimum absolute atomic E-state index is 0.170. The van der Waals surface area contributed by atoms with Crippen LogP contribution >= 0.6 is 0 Å². The van der Waals surface area contributed by atoms with Gasteiger partial charge in [0, 0.05) is 32.7 Å². The first-order valence-corrected chi connectivity index (χ1v) is 8.33. The van der Waals surface area contributed by atoms with Crippen LogP contribution in [-0.4, -0.2) is 87.1 Å². The molecule has 5 heteroatoms. The molecular formula is C16H32N4O. The monoisotopic (exact) mass is 296 g/mol. The van der Waals surface area contributed by atoms with E-state index in [1.54, 1.807) is 0 Å². The number of amides is 1. The van der Waals surface area contributed by atoms with Crippen molar-refractivity contribution in [2.75, 3.05) is 60.4 Å². The highest BCUT2D eigenvalue weighted by Crippen LogP contribution is 2.18. The first-order chi connectivity index (χ1) is 9.99. The molecule has 2 aliphatic heterocycles. The summed E-state index contributed by atoms with van der Waals surface area (Å²) in [4.78, 5) is 19.2. The van der Waals surface area contributed by atoms with E-state index in [0.717, 1.165) is 26.2 Å². The number of nitrogens with one attached hydrogen (secondary N) is 1. The first kappa shape index (κ1) is 16.7. The number of nitrogens with zero attached hydrogens (tertiary/aromatic N) is 3. The third kappa shape index (κ3) is 4.41. The number of likely N-dealkylation sites (tertiary alicyclic amines) is 1. The Morgan fingerprint density at radius 2 is 1.86 bits per heavy atom. The molecule has 2 aliphatic rings. The molecule has 0 aliphatic carbocycles. The highest BCUT2D eigenvalue weighted by molar-refractivity contribution is 5.79. The lowest BCUT2D eigenvalue weighted by molar-refractivity contribution is -0.134. The van der Waals surface area contributed by atoms with Crippen molar-refractivity contribution < 1.29 is 4.79 Å². The molecule has 2 saturated heterocycles. The predicted octanol–water partition coefficient (Wildman–Crippen LogP) is 0.326. The number of carbonyl (C=O) groups excluding carboxylic acids is 1. The normalized spacial score (nSPS) is 28.2. The van der Waals surface area contributed by atoms with E-state index in [0.29, 0.717) is 17.9 Å². The largest absolute Gasteiger partial charge is 0.344 e. The summed E-state index contributed by atoms with van der Waals surface area (Å²) >= 11 is 0. The fraction of sp³-hybridized carbons (Fsp3) is 0.938. The molecule has 0 radical (unpaired) electrons. The van der Waals surface area contributed by atoms with Crippen LogP contribution in [0, 0.1) is 11.8 Å². The summed E-state index contributed by atoms with van der Waals surface area (Å²) in [5.74, 6) is 0.944. The molecule has 0 unspecified atom stereocenters. The van der Waals surface area contributed by atoms with Crippen LogP contribution in [0.5, 0.6) is 0 Å². The van der Waals surface area contributed by atoms with Crippen molar-refractivity contribution in [1.82, 2.24) is 20.0 Å². The average molecular weight is 296 g/mol. The first-order valence-electron chi connectivity index (χ1n) is 8.33. The number of piperidine rings is 1. The number of carbonyl (C=O) groups is 1. The van der Waals surface area contributed by atoms with Crippen molar-refractivity contribution in [3.8, 4) is 0 Å². The second-order valence-corrected chi connectivity index (χ2v) is 7.02. The summed E-state index contributed by atoms with van der Waals surface area (Å²) in [6.45, 7) is 8.18. The van der Waals surface area contributed by atoms with Gasteiger partial charge in [-0.15, -0.1) is 0 Å². The van der Waals surface area contributed by atoms with E-state index in [9.17, 15) is 4.79 Å². The van der Waals surface area contributed by atoms with E-state index in [1.807, 2.05) is 11.9 Å². The Balaban J connectivity index is 1.72. The van der Waals surface area contributed by atoms with Gasteiger partial charge < -0.3 is 20.0 Å². The zero-order chi connectivity index (χ0) is 15.4. The highest BCUT2D eigenvalue weighted by atomic mass is 16.2. The summed E-state index contributed by atoms with van der Waals surface area (Å²) in [5.41, 5.74) is 0. The van der Waals surface area contributed by atoms with E-state index in [-0.39, 0.29) is 5.92 Å². The molecule has 2 heterocycles. The molecule has 0 bridgehead atoms. The van der Waals surface area contributed by atoms with Crippen LogP contribution in [-0.2, 0) is 4.79 Å². The molecule has 0 aromatic heterocycles. The molecule has 0 saturated carbocycles. The summed E-state index contributed by atoms with van der Waals surface area (Å²) in [6.07, 6.45) is 2.49. The maximum atomic E-state index is 12.4. The van der Waals surface area contributed by atoms with Crippen LogP contribution in [0.4, 0.5) is 0 Å². The topological polar surface area (TPSA) is 38.8 Å². The van der Waals surface area contributed by atoms with Crippen molar-refractivity contribution >= 4 is 5.91 Å². The Morgan fingerprint density at radius 1 is 1.19 bits per heavy atom. The molecule has 0 spiro atoms. The van der Waals surface area contributed by atoms with Crippen LogP contribution in [0.2, 0.25) is 0 Å². The Bertz CT molecular complexity index is 341. The fourth-order valence-corrected chi connectivity index (χ4v) is 3.46. The Morgan fingerprint density at radius 3 is 2.43 bits per heavy atom. The van der Waals surface area contributed by atoms with Gasteiger partial charge in [-0.1, -0.05) is 6.92 Å². The van der Waals surface area contributed by atoms with E-state index in [2.05, 4.69) is 36.1 Å². The standard InChI is InChI=1S/C16H32N4O/c1-13-11-17-12-15(13)16(21)20(4)10-9-19(3)14-5-7-18(2)8-6-14/h13-15,17H,5-12H2,1-4H3/t13-,15-/m1/s1. The highest BCUT2D eigenvalue weighted by Gasteiger charge is 2.31. The maximum absolute atomic E-state index is 12.4. The molecule has 21 heavy (non-hydrogen) atoms. The smallest absolute Gasteiger partial charge is 0.227 e. The van der Waals surface area contributed by atoms with Crippen molar-refractivity contribution in [1.29, 1.82) is 0 Å². The van der Waals surface area contributed by atoms with Gasteiger partial charge in [0.2, 0.25) is 5.91 Å². The molecule has 2 rings (SSSR count). The van der Waals surface area contributed by atoms with Gasteiger partial charge in [-0.3, -0.25) is 4.79 Å². The Kier molecular flexibility index (Phi) is 6.02. The molecule has 0 aromatic carbocycles. The van der Waals surface area contributed by atoms with Gasteiger partial charge in [-0.2, -0.15) is 0 Å². The van der Waals surface area contributed by atoms with E-state index < -0.39 is 0 Å². The summed E-state index contributed by atoms with van der Waals surface area (Å²) < 4.78 is 0. The van der Waals surface area contributed by atoms with Crippen molar-refractivity contribution in [3.63, 3.8) is 0 Å². The van der Waals surface area contributed by atoms with Crippen molar-refractivity contribution in [2.45, 2.75) is 25.8 Å². The van der Waals surface area contributed by atoms with E-state index >= 15 is 0 Å². The molecule has 0 aromatic rings. The summed E-state index contributed by atoms with van der Waals surface area (Å²) in [6, 6.07) is 0.678. The number of rotatable bonds is 5. The van der Waals surface area contributed by atoms with Gasteiger partial charge >= 0.3 is 0 Å². The van der Waals surface area contributed by atoms with Crippen LogP contribution in [0.3, 0.4) is 0 Å². The molecule has 2 fully saturated rings. The average Bonchev–Trinajstić information content (AvgIpc) is 2.90. The third-order valence-electron chi connectivity index (χ3n) is 5.31. The minimum atomic E-state index is 0.170. The van der Waals surface area contributed by atoms with E-state index in [1.165, 1.54) is 25.9 Å². The van der Waals surface area contributed by atoms with Gasteiger partial charge in [0.1, 0.15) is 0 Å². The minimum Gasteiger partial charge on any atom is -0.344 e. The fourth-order valence-electron chi connectivity index (χ4n) is 3.46. The molecule has 2 atom stereocenters. The lowest BCUT2D eigenvalue weighted by Crippen LogP contribution is -2.45. The van der Waals surface area contributed by atoms with Gasteiger partial charge in [0.25, 0.3) is 0 Å². The summed E-state index contributed by atoms with van der Waals surface area (Å²) in [7, 11) is 6.35. The van der Waals surface area contributed by atoms with Crippen LogP contribution < -0.4 is 5.32 Å². The maximum Gasteiger partial charge on any atom is 0.227 e. The molecular weight excluding hydrogens is 264 g/mol. The number of hydrogen-bond acceptors (Lipinski definition) is 4. The molecule has 122 valence electrons. The Hall–Kier alpha value is -0.650. The molecule has 1 amide bonds. The lowest BCUT2D eigenvalue weighted by Gasteiger charge is -2.36.